The maximum atomic E-state index is 3.56. The van der Waals surface area contributed by atoms with Crippen LogP contribution in [0.2, 0.25) is 0 Å². The fourth-order valence-corrected chi connectivity index (χ4v) is 2.79. The molecule has 15 heavy (non-hydrogen) atoms. The third kappa shape index (κ3) is 1.38. The number of aromatic amines is 1. The van der Waals surface area contributed by atoms with E-state index in [4.69, 9.17) is 0 Å². The Balaban J connectivity index is 2.14. The van der Waals surface area contributed by atoms with Crippen molar-refractivity contribution in [3.63, 3.8) is 0 Å². The van der Waals surface area contributed by atoms with Gasteiger partial charge in [-0.1, -0.05) is 31.5 Å². The monoisotopic (exact) mass is 199 g/mol. The number of fused-ring (bicyclic) bond motifs is 3. The highest BCUT2D eigenvalue weighted by atomic mass is 14.7. The van der Waals surface area contributed by atoms with E-state index in [2.05, 4.69) is 36.2 Å². The summed E-state index contributed by atoms with van der Waals surface area (Å²) in [4.78, 5) is 3.56. The van der Waals surface area contributed by atoms with E-state index < -0.39 is 0 Å². The van der Waals surface area contributed by atoms with Gasteiger partial charge in [0.15, 0.2) is 0 Å². The van der Waals surface area contributed by atoms with E-state index in [0.29, 0.717) is 0 Å². The number of hydrogen-bond donors (Lipinski definition) is 1. The first kappa shape index (κ1) is 9.02. The van der Waals surface area contributed by atoms with Crippen molar-refractivity contribution in [1.82, 2.24) is 4.98 Å². The largest absolute Gasteiger partial charge is 0.358 e. The molecule has 1 heterocycles. The first-order valence-electron chi connectivity index (χ1n) is 5.97. The zero-order valence-electron chi connectivity index (χ0n) is 9.22. The van der Waals surface area contributed by atoms with Gasteiger partial charge < -0.3 is 4.98 Å². The molecule has 1 aliphatic carbocycles. The highest BCUT2D eigenvalue weighted by molar-refractivity contribution is 5.84. The Morgan fingerprint density at radius 1 is 1.33 bits per heavy atom. The minimum absolute atomic E-state index is 0.900. The molecule has 1 heteroatoms. The molecule has 1 nitrogen and oxygen atoms in total. The van der Waals surface area contributed by atoms with E-state index in [0.717, 1.165) is 5.92 Å². The smallest absolute Gasteiger partial charge is 0.0458 e. The van der Waals surface area contributed by atoms with E-state index >= 15 is 0 Å². The summed E-state index contributed by atoms with van der Waals surface area (Å²) >= 11 is 0. The van der Waals surface area contributed by atoms with Crippen molar-refractivity contribution in [3.8, 4) is 0 Å². The Bertz CT molecular complexity index is 481. The van der Waals surface area contributed by atoms with Crippen LogP contribution in [0.1, 0.15) is 31.0 Å². The zero-order chi connectivity index (χ0) is 10.3. The van der Waals surface area contributed by atoms with Gasteiger partial charge in [-0.3, -0.25) is 0 Å². The number of hydrogen-bond acceptors (Lipinski definition) is 0. The van der Waals surface area contributed by atoms with E-state index in [1.807, 2.05) is 0 Å². The van der Waals surface area contributed by atoms with Crippen molar-refractivity contribution in [3.05, 3.63) is 35.5 Å². The topological polar surface area (TPSA) is 15.8 Å². The molecule has 1 aromatic carbocycles. The van der Waals surface area contributed by atoms with Gasteiger partial charge in [-0.25, -0.2) is 0 Å². The molecule has 0 bridgehead atoms. The summed E-state index contributed by atoms with van der Waals surface area (Å²) in [5, 5.41) is 1.45. The SMILES string of the molecule is CCC1CCc2[nH]c3ccccc3c2C1. The van der Waals surface area contributed by atoms with E-state index in [9.17, 15) is 0 Å². The van der Waals surface area contributed by atoms with Crippen molar-refractivity contribution in [2.75, 3.05) is 0 Å². The lowest BCUT2D eigenvalue weighted by atomic mass is 9.85. The quantitative estimate of drug-likeness (QED) is 0.721. The summed E-state index contributed by atoms with van der Waals surface area (Å²) < 4.78 is 0. The van der Waals surface area contributed by atoms with Gasteiger partial charge in [-0.05, 0) is 36.8 Å². The van der Waals surface area contributed by atoms with Gasteiger partial charge in [0.05, 0.1) is 0 Å². The van der Waals surface area contributed by atoms with Crippen molar-refractivity contribution in [2.24, 2.45) is 5.92 Å². The molecule has 1 N–H and O–H groups in total. The third-order valence-corrected chi connectivity index (χ3v) is 3.77. The Hall–Kier alpha value is -1.24. The van der Waals surface area contributed by atoms with E-state index in [1.54, 1.807) is 5.56 Å². The summed E-state index contributed by atoms with van der Waals surface area (Å²) in [7, 11) is 0. The summed E-state index contributed by atoms with van der Waals surface area (Å²) in [5.41, 5.74) is 4.39. The van der Waals surface area contributed by atoms with Crippen LogP contribution in [0.3, 0.4) is 0 Å². The average molecular weight is 199 g/mol. The molecule has 0 amide bonds. The molecular formula is C14H17N. The number of rotatable bonds is 1. The number of para-hydroxylation sites is 1. The van der Waals surface area contributed by atoms with Crippen LogP contribution in [0.25, 0.3) is 10.9 Å². The second-order valence-electron chi connectivity index (χ2n) is 4.64. The maximum Gasteiger partial charge on any atom is 0.0458 e. The molecule has 0 aliphatic heterocycles. The Labute approximate surface area is 90.5 Å². The zero-order valence-corrected chi connectivity index (χ0v) is 9.22. The van der Waals surface area contributed by atoms with Gasteiger partial charge in [-0.2, -0.15) is 0 Å². The molecule has 0 saturated carbocycles. The van der Waals surface area contributed by atoms with Crippen LogP contribution in [0, 0.1) is 5.92 Å². The standard InChI is InChI=1S/C14H17N/c1-2-10-7-8-14-12(9-10)11-5-3-4-6-13(11)15-14/h3-6,10,15H,2,7-9H2,1H3. The summed E-state index contributed by atoms with van der Waals surface area (Å²) in [5.74, 6) is 0.900. The summed E-state index contributed by atoms with van der Waals surface area (Å²) in [6.07, 6.45) is 5.19. The Morgan fingerprint density at radius 2 is 2.20 bits per heavy atom. The summed E-state index contributed by atoms with van der Waals surface area (Å²) in [6.45, 7) is 2.31. The molecule has 1 aromatic heterocycles. The average Bonchev–Trinajstić information content (AvgIpc) is 2.66. The van der Waals surface area contributed by atoms with E-state index in [1.165, 1.54) is 42.3 Å². The molecule has 2 aromatic rings. The molecule has 0 fully saturated rings. The minimum atomic E-state index is 0.900. The maximum absolute atomic E-state index is 3.56. The molecule has 78 valence electrons. The fraction of sp³-hybridized carbons (Fsp3) is 0.429. The lowest BCUT2D eigenvalue weighted by Gasteiger charge is -2.20. The highest BCUT2D eigenvalue weighted by Crippen LogP contribution is 2.32. The first-order chi connectivity index (χ1) is 7.38. The lowest BCUT2D eigenvalue weighted by molar-refractivity contribution is 0.444. The second kappa shape index (κ2) is 3.41. The van der Waals surface area contributed by atoms with E-state index in [-0.39, 0.29) is 0 Å². The van der Waals surface area contributed by atoms with Gasteiger partial charge >= 0.3 is 0 Å². The molecule has 0 saturated heterocycles. The Kier molecular flexibility index (Phi) is 2.05. The van der Waals surface area contributed by atoms with Crippen molar-refractivity contribution in [2.45, 2.75) is 32.6 Å². The molecular weight excluding hydrogens is 182 g/mol. The van der Waals surface area contributed by atoms with Crippen LogP contribution in [-0.4, -0.2) is 4.98 Å². The molecule has 0 spiro atoms. The van der Waals surface area contributed by atoms with Crippen LogP contribution < -0.4 is 0 Å². The first-order valence-corrected chi connectivity index (χ1v) is 5.97. The molecule has 1 atom stereocenters. The second-order valence-corrected chi connectivity index (χ2v) is 4.64. The molecule has 0 radical (unpaired) electrons. The lowest BCUT2D eigenvalue weighted by Crippen LogP contribution is -2.12. The molecule has 1 aliphatic rings. The fourth-order valence-electron chi connectivity index (χ4n) is 2.79. The van der Waals surface area contributed by atoms with Gasteiger partial charge in [0.2, 0.25) is 0 Å². The number of nitrogens with one attached hydrogen (secondary N) is 1. The predicted octanol–water partition coefficient (Wildman–Crippen LogP) is 3.68. The van der Waals surface area contributed by atoms with Crippen molar-refractivity contribution >= 4 is 10.9 Å². The van der Waals surface area contributed by atoms with Crippen LogP contribution >= 0.6 is 0 Å². The number of aromatic nitrogens is 1. The van der Waals surface area contributed by atoms with Crippen molar-refractivity contribution < 1.29 is 0 Å². The molecule has 1 unspecified atom stereocenters. The van der Waals surface area contributed by atoms with Crippen LogP contribution in [0.4, 0.5) is 0 Å². The van der Waals surface area contributed by atoms with Gasteiger partial charge in [0.1, 0.15) is 0 Å². The van der Waals surface area contributed by atoms with Gasteiger partial charge in [0.25, 0.3) is 0 Å². The van der Waals surface area contributed by atoms with Crippen LogP contribution in [0.15, 0.2) is 24.3 Å². The highest BCUT2D eigenvalue weighted by Gasteiger charge is 2.20. The molecule has 3 rings (SSSR count). The minimum Gasteiger partial charge on any atom is -0.358 e. The third-order valence-electron chi connectivity index (χ3n) is 3.77. The summed E-state index contributed by atoms with van der Waals surface area (Å²) in [6, 6.07) is 8.70. The Morgan fingerprint density at radius 3 is 3.07 bits per heavy atom. The predicted molar refractivity (Wildman–Crippen MR) is 64.1 cm³/mol. The number of benzene rings is 1. The van der Waals surface area contributed by atoms with Crippen molar-refractivity contribution in [1.29, 1.82) is 0 Å². The number of H-pyrrole nitrogens is 1. The van der Waals surface area contributed by atoms with Crippen LogP contribution in [-0.2, 0) is 12.8 Å². The van der Waals surface area contributed by atoms with Crippen LogP contribution in [0.5, 0.6) is 0 Å². The normalized spacial score (nSPS) is 20.5. The van der Waals surface area contributed by atoms with Gasteiger partial charge in [0, 0.05) is 16.6 Å². The number of aryl methyl sites for hydroxylation is 1. The van der Waals surface area contributed by atoms with Gasteiger partial charge in [-0.15, -0.1) is 0 Å².